The summed E-state index contributed by atoms with van der Waals surface area (Å²) >= 11 is 17.2. The van der Waals surface area contributed by atoms with Crippen LogP contribution in [-0.2, 0) is 6.54 Å². The van der Waals surface area contributed by atoms with Crippen molar-refractivity contribution in [1.82, 2.24) is 9.78 Å². The lowest BCUT2D eigenvalue weighted by molar-refractivity contribution is 0.687. The number of nitrogens with zero attached hydrogens (tertiary/aromatic N) is 2. The summed E-state index contributed by atoms with van der Waals surface area (Å²) in [4.78, 5) is 0. The second-order valence-corrected chi connectivity index (χ2v) is 6.43. The zero-order valence-electron chi connectivity index (χ0n) is 12.5. The van der Waals surface area contributed by atoms with Crippen molar-refractivity contribution in [2.45, 2.75) is 6.54 Å². The zero-order valence-corrected chi connectivity index (χ0v) is 14.9. The summed E-state index contributed by atoms with van der Waals surface area (Å²) in [5, 5.41) is 12.3. The maximum absolute atomic E-state index is 6.00. The smallest absolute Gasteiger partial charge is 0.175 e. The normalized spacial score (nSPS) is 10.4. The molecule has 0 atom stereocenters. The van der Waals surface area contributed by atoms with Gasteiger partial charge in [0.15, 0.2) is 5.11 Å². The standard InChI is InChI=1S/C17H14Cl2N4S/c18-13-4-1-3-12(7-13)10-23-11-16(9-20-23)22-17(24)21-15-6-2-5-14(19)8-15/h1-9,11H,10H2,(H2,21,22,24). The Morgan fingerprint density at radius 2 is 1.71 bits per heavy atom. The van der Waals surface area contributed by atoms with E-state index in [1.165, 1.54) is 0 Å². The van der Waals surface area contributed by atoms with E-state index in [2.05, 4.69) is 15.7 Å². The van der Waals surface area contributed by atoms with Gasteiger partial charge in [-0.05, 0) is 48.1 Å². The molecule has 0 unspecified atom stereocenters. The number of halogens is 2. The van der Waals surface area contributed by atoms with Crippen molar-refractivity contribution in [3.63, 3.8) is 0 Å². The van der Waals surface area contributed by atoms with Crippen molar-refractivity contribution in [2.75, 3.05) is 10.6 Å². The fraction of sp³-hybridized carbons (Fsp3) is 0.0588. The summed E-state index contributed by atoms with van der Waals surface area (Å²) in [6.45, 7) is 0.636. The molecule has 0 amide bonds. The molecule has 24 heavy (non-hydrogen) atoms. The van der Waals surface area contributed by atoms with Gasteiger partial charge in [-0.15, -0.1) is 0 Å². The monoisotopic (exact) mass is 376 g/mol. The summed E-state index contributed by atoms with van der Waals surface area (Å²) in [5.74, 6) is 0. The Hall–Kier alpha value is -2.08. The van der Waals surface area contributed by atoms with Crippen LogP contribution in [0.5, 0.6) is 0 Å². The molecule has 3 aromatic rings. The molecule has 3 rings (SSSR count). The zero-order chi connectivity index (χ0) is 16.9. The van der Waals surface area contributed by atoms with Crippen LogP contribution in [0.25, 0.3) is 0 Å². The average molecular weight is 377 g/mol. The third-order valence-corrected chi connectivity index (χ3v) is 3.88. The van der Waals surface area contributed by atoms with Gasteiger partial charge in [-0.25, -0.2) is 0 Å². The van der Waals surface area contributed by atoms with E-state index in [1.54, 1.807) is 12.3 Å². The van der Waals surface area contributed by atoms with Crippen molar-refractivity contribution in [1.29, 1.82) is 0 Å². The lowest BCUT2D eigenvalue weighted by atomic mass is 10.2. The number of hydrogen-bond donors (Lipinski definition) is 2. The van der Waals surface area contributed by atoms with Crippen LogP contribution in [0.3, 0.4) is 0 Å². The van der Waals surface area contributed by atoms with Gasteiger partial charge in [-0.2, -0.15) is 5.10 Å². The maximum Gasteiger partial charge on any atom is 0.175 e. The second kappa shape index (κ2) is 7.66. The van der Waals surface area contributed by atoms with E-state index < -0.39 is 0 Å². The fourth-order valence-corrected chi connectivity index (χ4v) is 2.84. The van der Waals surface area contributed by atoms with E-state index in [4.69, 9.17) is 35.4 Å². The highest BCUT2D eigenvalue weighted by atomic mass is 35.5. The van der Waals surface area contributed by atoms with Crippen molar-refractivity contribution in [2.24, 2.45) is 0 Å². The van der Waals surface area contributed by atoms with E-state index in [-0.39, 0.29) is 0 Å². The average Bonchev–Trinajstić information content (AvgIpc) is 2.94. The minimum absolute atomic E-state index is 0.472. The number of anilines is 2. The first kappa shape index (κ1) is 16.8. The highest BCUT2D eigenvalue weighted by molar-refractivity contribution is 7.80. The molecule has 0 fully saturated rings. The van der Waals surface area contributed by atoms with E-state index in [0.717, 1.165) is 16.9 Å². The van der Waals surface area contributed by atoms with Crippen LogP contribution >= 0.6 is 35.4 Å². The first-order valence-electron chi connectivity index (χ1n) is 7.19. The Kier molecular flexibility index (Phi) is 5.35. The van der Waals surface area contributed by atoms with Crippen LogP contribution < -0.4 is 10.6 Å². The summed E-state index contributed by atoms with van der Waals surface area (Å²) in [6.07, 6.45) is 3.60. The predicted molar refractivity (Wildman–Crippen MR) is 104 cm³/mol. The predicted octanol–water partition coefficient (Wildman–Crippen LogP) is 5.05. The molecule has 0 spiro atoms. The Labute approximate surface area is 155 Å². The molecule has 1 aromatic heterocycles. The molecule has 0 aliphatic heterocycles. The van der Waals surface area contributed by atoms with Gasteiger partial charge in [0.05, 0.1) is 18.4 Å². The third-order valence-electron chi connectivity index (χ3n) is 3.21. The van der Waals surface area contributed by atoms with Gasteiger partial charge >= 0.3 is 0 Å². The van der Waals surface area contributed by atoms with Gasteiger partial charge < -0.3 is 10.6 Å². The van der Waals surface area contributed by atoms with Crippen LogP contribution in [0, 0.1) is 0 Å². The quantitative estimate of drug-likeness (QED) is 0.625. The molecule has 0 radical (unpaired) electrons. The number of nitrogens with one attached hydrogen (secondary N) is 2. The minimum atomic E-state index is 0.472. The van der Waals surface area contributed by atoms with Gasteiger partial charge in [-0.3, -0.25) is 4.68 Å². The molecular weight excluding hydrogens is 363 g/mol. The largest absolute Gasteiger partial charge is 0.332 e. The lowest BCUT2D eigenvalue weighted by Crippen LogP contribution is -2.18. The molecule has 7 heteroatoms. The van der Waals surface area contributed by atoms with E-state index >= 15 is 0 Å². The SMILES string of the molecule is S=C(Nc1cccc(Cl)c1)Nc1cnn(Cc2cccc(Cl)c2)c1. The van der Waals surface area contributed by atoms with Crippen LogP contribution in [0.15, 0.2) is 60.9 Å². The maximum atomic E-state index is 6.00. The Morgan fingerprint density at radius 3 is 2.46 bits per heavy atom. The Bertz CT molecular complexity index is 863. The molecular formula is C17H14Cl2N4S. The number of hydrogen-bond acceptors (Lipinski definition) is 2. The van der Waals surface area contributed by atoms with Crippen molar-refractivity contribution >= 4 is 51.9 Å². The van der Waals surface area contributed by atoms with Gasteiger partial charge in [0.25, 0.3) is 0 Å². The molecule has 0 bridgehead atoms. The Morgan fingerprint density at radius 1 is 1.00 bits per heavy atom. The molecule has 0 saturated carbocycles. The number of aromatic nitrogens is 2. The number of thiocarbonyl (C=S) groups is 1. The van der Waals surface area contributed by atoms with E-state index in [9.17, 15) is 0 Å². The topological polar surface area (TPSA) is 41.9 Å². The molecule has 1 heterocycles. The molecule has 4 nitrogen and oxygen atoms in total. The summed E-state index contributed by atoms with van der Waals surface area (Å²) in [7, 11) is 0. The van der Waals surface area contributed by atoms with Crippen molar-refractivity contribution < 1.29 is 0 Å². The summed E-state index contributed by atoms with van der Waals surface area (Å²) in [5.41, 5.74) is 2.71. The van der Waals surface area contributed by atoms with E-state index in [1.807, 2.05) is 53.3 Å². The highest BCUT2D eigenvalue weighted by Gasteiger charge is 2.03. The van der Waals surface area contributed by atoms with Gasteiger partial charge in [-0.1, -0.05) is 41.4 Å². The fourth-order valence-electron chi connectivity index (χ4n) is 2.20. The molecule has 0 aliphatic rings. The molecule has 0 aliphatic carbocycles. The molecule has 0 saturated heterocycles. The van der Waals surface area contributed by atoms with Gasteiger partial charge in [0, 0.05) is 21.9 Å². The van der Waals surface area contributed by atoms with Crippen LogP contribution in [-0.4, -0.2) is 14.9 Å². The molecule has 2 N–H and O–H groups in total. The van der Waals surface area contributed by atoms with Gasteiger partial charge in [0.1, 0.15) is 0 Å². The first-order valence-corrected chi connectivity index (χ1v) is 8.35. The summed E-state index contributed by atoms with van der Waals surface area (Å²) in [6, 6.07) is 15.1. The van der Waals surface area contributed by atoms with Crippen molar-refractivity contribution in [3.8, 4) is 0 Å². The first-order chi connectivity index (χ1) is 11.6. The third kappa shape index (κ3) is 4.71. The van der Waals surface area contributed by atoms with E-state index in [0.29, 0.717) is 21.7 Å². The molecule has 122 valence electrons. The van der Waals surface area contributed by atoms with Crippen LogP contribution in [0.4, 0.5) is 11.4 Å². The number of rotatable bonds is 4. The van der Waals surface area contributed by atoms with Gasteiger partial charge in [0.2, 0.25) is 0 Å². The minimum Gasteiger partial charge on any atom is -0.332 e. The van der Waals surface area contributed by atoms with Crippen molar-refractivity contribution in [3.05, 3.63) is 76.5 Å². The van der Waals surface area contributed by atoms with Crippen LogP contribution in [0.1, 0.15) is 5.56 Å². The molecule has 2 aromatic carbocycles. The second-order valence-electron chi connectivity index (χ2n) is 5.15. The highest BCUT2D eigenvalue weighted by Crippen LogP contribution is 2.16. The Balaban J connectivity index is 1.60. The van der Waals surface area contributed by atoms with Crippen LogP contribution in [0.2, 0.25) is 10.0 Å². The lowest BCUT2D eigenvalue weighted by Gasteiger charge is -2.09. The number of benzene rings is 2. The summed E-state index contributed by atoms with van der Waals surface area (Å²) < 4.78 is 1.82.